The Hall–Kier alpha value is -0.440. The van der Waals surface area contributed by atoms with Gasteiger partial charge in [-0.2, -0.15) is 0 Å². The van der Waals surface area contributed by atoms with Crippen molar-refractivity contribution < 1.29 is 14.3 Å². The van der Waals surface area contributed by atoms with Gasteiger partial charge in [-0.15, -0.1) is 0 Å². The highest BCUT2D eigenvalue weighted by Crippen LogP contribution is 2.31. The molecule has 0 spiro atoms. The Kier molecular flexibility index (Phi) is 4.71. The van der Waals surface area contributed by atoms with Crippen LogP contribution < -0.4 is 0 Å². The van der Waals surface area contributed by atoms with E-state index in [9.17, 15) is 4.79 Å². The fourth-order valence-electron chi connectivity index (χ4n) is 2.15. The van der Waals surface area contributed by atoms with Gasteiger partial charge in [0.1, 0.15) is 6.10 Å². The molecule has 1 saturated carbocycles. The smallest absolute Gasteiger partial charge is 0.430 e. The van der Waals surface area contributed by atoms with E-state index in [2.05, 4.69) is 13.8 Å². The molecule has 4 heteroatoms. The lowest BCUT2D eigenvalue weighted by molar-refractivity contribution is -0.0338. The van der Waals surface area contributed by atoms with E-state index < -0.39 is 11.7 Å². The molecule has 0 aromatic heterocycles. The summed E-state index contributed by atoms with van der Waals surface area (Å²) in [5, 5.41) is 0. The minimum atomic E-state index is -0.650. The van der Waals surface area contributed by atoms with Gasteiger partial charge in [-0.05, 0) is 31.6 Å². The highest BCUT2D eigenvalue weighted by atomic mass is 35.5. The van der Waals surface area contributed by atoms with Gasteiger partial charge < -0.3 is 9.47 Å². The van der Waals surface area contributed by atoms with Crippen LogP contribution in [0.25, 0.3) is 0 Å². The number of hydrogen-bond donors (Lipinski definition) is 0. The highest BCUT2D eigenvalue weighted by Gasteiger charge is 2.31. The van der Waals surface area contributed by atoms with E-state index in [1.54, 1.807) is 6.92 Å². The van der Waals surface area contributed by atoms with Crippen LogP contribution in [-0.2, 0) is 9.47 Å². The number of rotatable bonds is 2. The molecule has 0 radical (unpaired) electrons. The fourth-order valence-corrected chi connectivity index (χ4v) is 2.23. The Labute approximate surface area is 96.1 Å². The van der Waals surface area contributed by atoms with E-state index in [1.165, 1.54) is 6.42 Å². The molecule has 1 fully saturated rings. The van der Waals surface area contributed by atoms with Crippen molar-refractivity contribution in [1.29, 1.82) is 0 Å². The Balaban J connectivity index is 2.44. The van der Waals surface area contributed by atoms with Crippen molar-refractivity contribution in [2.75, 3.05) is 0 Å². The molecule has 3 unspecified atom stereocenters. The molecule has 0 aliphatic heterocycles. The second-order valence-corrected chi connectivity index (χ2v) is 4.99. The fraction of sp³-hybridized carbons (Fsp3) is 0.909. The predicted octanol–water partition coefficient (Wildman–Crippen LogP) is 3.55. The Bertz CT molecular complexity index is 208. The predicted molar refractivity (Wildman–Crippen MR) is 58.8 cm³/mol. The maximum atomic E-state index is 11.3. The van der Waals surface area contributed by atoms with Gasteiger partial charge in [-0.25, -0.2) is 4.79 Å². The number of carbonyl (C=O) groups is 1. The molecule has 0 saturated heterocycles. The van der Waals surface area contributed by atoms with Crippen molar-refractivity contribution in [2.24, 2.45) is 11.8 Å². The van der Waals surface area contributed by atoms with E-state index in [1.807, 2.05) is 0 Å². The maximum Gasteiger partial charge on any atom is 0.510 e. The molecule has 15 heavy (non-hydrogen) atoms. The lowest BCUT2D eigenvalue weighted by Gasteiger charge is -2.33. The van der Waals surface area contributed by atoms with Crippen molar-refractivity contribution in [3.63, 3.8) is 0 Å². The molecule has 0 bridgehead atoms. The van der Waals surface area contributed by atoms with Crippen molar-refractivity contribution in [3.05, 3.63) is 0 Å². The van der Waals surface area contributed by atoms with Crippen molar-refractivity contribution in [3.8, 4) is 0 Å². The normalized spacial score (nSPS) is 33.2. The summed E-state index contributed by atoms with van der Waals surface area (Å²) in [7, 11) is 0. The van der Waals surface area contributed by atoms with Crippen LogP contribution in [0.4, 0.5) is 4.79 Å². The summed E-state index contributed by atoms with van der Waals surface area (Å²) in [4.78, 5) is 11.3. The topological polar surface area (TPSA) is 35.5 Å². The first kappa shape index (κ1) is 12.6. The number of ether oxygens (including phenoxy) is 2. The van der Waals surface area contributed by atoms with Crippen LogP contribution in [0.3, 0.4) is 0 Å². The van der Waals surface area contributed by atoms with Gasteiger partial charge in [-0.1, -0.05) is 31.9 Å². The van der Waals surface area contributed by atoms with Gasteiger partial charge >= 0.3 is 6.16 Å². The summed E-state index contributed by atoms with van der Waals surface area (Å²) >= 11 is 5.54. The molecule has 3 nitrogen and oxygen atoms in total. The third-order valence-corrected chi connectivity index (χ3v) is 3.02. The van der Waals surface area contributed by atoms with Crippen LogP contribution in [0.5, 0.6) is 0 Å². The second-order valence-electron chi connectivity index (χ2n) is 4.38. The van der Waals surface area contributed by atoms with Crippen LogP contribution in [-0.4, -0.2) is 17.8 Å². The molecule has 1 aliphatic rings. The Morgan fingerprint density at radius 3 is 2.33 bits per heavy atom. The van der Waals surface area contributed by atoms with Crippen molar-refractivity contribution in [1.82, 2.24) is 0 Å². The Morgan fingerprint density at radius 1 is 1.33 bits per heavy atom. The zero-order valence-electron chi connectivity index (χ0n) is 9.53. The van der Waals surface area contributed by atoms with Crippen LogP contribution in [0.1, 0.15) is 40.0 Å². The molecule has 0 aromatic rings. The highest BCUT2D eigenvalue weighted by molar-refractivity contribution is 6.19. The van der Waals surface area contributed by atoms with Crippen LogP contribution in [0, 0.1) is 11.8 Å². The van der Waals surface area contributed by atoms with E-state index in [-0.39, 0.29) is 6.10 Å². The first-order valence-electron chi connectivity index (χ1n) is 5.52. The minimum Gasteiger partial charge on any atom is -0.430 e. The van der Waals surface area contributed by atoms with E-state index in [4.69, 9.17) is 21.1 Å². The summed E-state index contributed by atoms with van der Waals surface area (Å²) in [5.74, 6) is 0.818. The molecule has 88 valence electrons. The molecular weight excluding hydrogens is 216 g/mol. The van der Waals surface area contributed by atoms with Gasteiger partial charge in [0.05, 0.1) is 0 Å². The molecule has 0 N–H and O–H groups in total. The molecule has 0 aromatic carbocycles. The minimum absolute atomic E-state index is 0.0262. The zero-order valence-corrected chi connectivity index (χ0v) is 10.3. The van der Waals surface area contributed by atoms with Crippen LogP contribution >= 0.6 is 11.6 Å². The quantitative estimate of drug-likeness (QED) is 0.542. The molecule has 0 heterocycles. The van der Waals surface area contributed by atoms with Gasteiger partial charge in [0.15, 0.2) is 5.56 Å². The molecule has 0 amide bonds. The monoisotopic (exact) mass is 234 g/mol. The second kappa shape index (κ2) is 5.59. The summed E-state index contributed by atoms with van der Waals surface area (Å²) in [6.45, 7) is 5.81. The van der Waals surface area contributed by atoms with Crippen molar-refractivity contribution in [2.45, 2.75) is 51.7 Å². The van der Waals surface area contributed by atoms with E-state index in [0.717, 1.165) is 12.8 Å². The number of hydrogen-bond acceptors (Lipinski definition) is 3. The Morgan fingerprint density at radius 2 is 1.87 bits per heavy atom. The first-order valence-corrected chi connectivity index (χ1v) is 5.95. The van der Waals surface area contributed by atoms with Gasteiger partial charge in [0, 0.05) is 0 Å². The number of alkyl halides is 1. The average molecular weight is 235 g/mol. The standard InChI is InChI=1S/C11H19ClO3/c1-7-5-4-6-8(2)10(7)15-11(13)14-9(3)12/h7-10H,4-6H2,1-3H3. The number of halogens is 1. The lowest BCUT2D eigenvalue weighted by atomic mass is 9.81. The molecular formula is C11H19ClO3. The maximum absolute atomic E-state index is 11.3. The van der Waals surface area contributed by atoms with Gasteiger partial charge in [0.25, 0.3) is 0 Å². The van der Waals surface area contributed by atoms with Crippen molar-refractivity contribution >= 4 is 17.8 Å². The summed E-state index contributed by atoms with van der Waals surface area (Å²) in [6, 6.07) is 0. The van der Waals surface area contributed by atoms with E-state index in [0.29, 0.717) is 11.8 Å². The van der Waals surface area contributed by atoms with Gasteiger partial charge in [-0.3, -0.25) is 0 Å². The first-order chi connectivity index (χ1) is 7.00. The van der Waals surface area contributed by atoms with Crippen LogP contribution in [0.2, 0.25) is 0 Å². The largest absolute Gasteiger partial charge is 0.510 e. The molecule has 1 rings (SSSR count). The average Bonchev–Trinajstić information content (AvgIpc) is 2.10. The zero-order chi connectivity index (χ0) is 11.4. The summed E-state index contributed by atoms with van der Waals surface area (Å²) in [5.41, 5.74) is -0.633. The molecule has 1 aliphatic carbocycles. The lowest BCUT2D eigenvalue weighted by Crippen LogP contribution is -2.35. The third kappa shape index (κ3) is 3.90. The SMILES string of the molecule is CC(Cl)OC(=O)OC1C(C)CCCC1C. The number of carbonyl (C=O) groups excluding carboxylic acids is 1. The van der Waals surface area contributed by atoms with Crippen LogP contribution in [0.15, 0.2) is 0 Å². The van der Waals surface area contributed by atoms with Gasteiger partial charge in [0.2, 0.25) is 0 Å². The third-order valence-electron chi connectivity index (χ3n) is 2.93. The molecule has 3 atom stereocenters. The summed E-state index contributed by atoms with van der Waals surface area (Å²) < 4.78 is 10.0. The summed E-state index contributed by atoms with van der Waals surface area (Å²) in [6.07, 6.45) is 2.75. The van der Waals surface area contributed by atoms with E-state index >= 15 is 0 Å².